The molecule has 2 heterocycles. The Labute approximate surface area is 108 Å². The normalized spacial score (nSPS) is 20.9. The fourth-order valence-corrected chi connectivity index (χ4v) is 3.24. The van der Waals surface area contributed by atoms with Crippen molar-refractivity contribution in [3.8, 4) is 11.8 Å². The maximum Gasteiger partial charge on any atom is 0.0772 e. The minimum atomic E-state index is 0.441. The molecule has 1 unspecified atom stereocenters. The summed E-state index contributed by atoms with van der Waals surface area (Å²) in [4.78, 5) is 5.11. The Morgan fingerprint density at radius 1 is 1.53 bits per heavy atom. The molecular weight excluding hydrogens is 228 g/mol. The Morgan fingerprint density at radius 3 is 3.18 bits per heavy atom. The third-order valence-corrected chi connectivity index (χ3v) is 4.08. The minimum absolute atomic E-state index is 0.441. The van der Waals surface area contributed by atoms with Crippen LogP contribution in [0.5, 0.6) is 0 Å². The Kier molecular flexibility index (Phi) is 4.61. The summed E-state index contributed by atoms with van der Waals surface area (Å²) in [5.41, 5.74) is 5.37. The van der Waals surface area contributed by atoms with Crippen LogP contribution in [-0.4, -0.2) is 24.5 Å². The smallest absolute Gasteiger partial charge is 0.0772 e. The van der Waals surface area contributed by atoms with Gasteiger partial charge in [0.15, 0.2) is 0 Å². The van der Waals surface area contributed by atoms with Gasteiger partial charge in [0.2, 0.25) is 0 Å². The van der Waals surface area contributed by atoms with Crippen molar-refractivity contribution in [3.05, 3.63) is 21.9 Å². The molecule has 0 amide bonds. The van der Waals surface area contributed by atoms with E-state index in [-0.39, 0.29) is 0 Å². The van der Waals surface area contributed by atoms with Gasteiger partial charge in [-0.3, -0.25) is 4.90 Å². The fraction of sp³-hybridized carbons (Fsp3) is 0.571. The van der Waals surface area contributed by atoms with Gasteiger partial charge in [-0.25, -0.2) is 0 Å². The van der Waals surface area contributed by atoms with Gasteiger partial charge in [0.25, 0.3) is 0 Å². The standard InChI is InChI=1S/C14H20N2S/c1-12-4-3-9-16(10-12)11-14-7-6-13(17-14)5-2-8-15/h6-7,12H,3-4,8-11,15H2,1H3. The number of hydrogen-bond donors (Lipinski definition) is 1. The van der Waals surface area contributed by atoms with Crippen molar-refractivity contribution in [1.29, 1.82) is 0 Å². The lowest BCUT2D eigenvalue weighted by molar-refractivity contribution is 0.178. The molecular formula is C14H20N2S. The predicted molar refractivity (Wildman–Crippen MR) is 73.9 cm³/mol. The van der Waals surface area contributed by atoms with Crippen molar-refractivity contribution < 1.29 is 0 Å². The van der Waals surface area contributed by atoms with E-state index in [0.29, 0.717) is 6.54 Å². The van der Waals surface area contributed by atoms with Gasteiger partial charge < -0.3 is 5.73 Å². The number of thiophene rings is 1. The van der Waals surface area contributed by atoms with Crippen molar-refractivity contribution in [3.63, 3.8) is 0 Å². The Bertz CT molecular complexity index is 413. The quantitative estimate of drug-likeness (QED) is 0.814. The molecule has 0 bridgehead atoms. The summed E-state index contributed by atoms with van der Waals surface area (Å²) in [6.45, 7) is 6.35. The number of nitrogens with zero attached hydrogens (tertiary/aromatic N) is 1. The molecule has 1 aliphatic rings. The first-order valence-corrected chi connectivity index (χ1v) is 7.09. The van der Waals surface area contributed by atoms with Gasteiger partial charge in [-0.2, -0.15) is 0 Å². The molecule has 92 valence electrons. The van der Waals surface area contributed by atoms with Crippen LogP contribution in [0.3, 0.4) is 0 Å². The van der Waals surface area contributed by atoms with Crippen LogP contribution in [0.15, 0.2) is 12.1 Å². The third kappa shape index (κ3) is 3.85. The van der Waals surface area contributed by atoms with Crippen molar-refractivity contribution >= 4 is 11.3 Å². The maximum atomic E-state index is 5.37. The van der Waals surface area contributed by atoms with E-state index in [1.807, 2.05) is 0 Å². The van der Waals surface area contributed by atoms with Gasteiger partial charge in [0.05, 0.1) is 11.4 Å². The van der Waals surface area contributed by atoms with Crippen LogP contribution < -0.4 is 5.73 Å². The molecule has 2 rings (SSSR count). The number of piperidine rings is 1. The molecule has 0 spiro atoms. The second kappa shape index (κ2) is 6.20. The van der Waals surface area contributed by atoms with Crippen LogP contribution >= 0.6 is 11.3 Å². The number of rotatable bonds is 2. The molecule has 0 radical (unpaired) electrons. The SMILES string of the molecule is CC1CCCN(Cc2ccc(C#CCN)s2)C1. The second-order valence-corrected chi connectivity index (χ2v) is 5.92. The van der Waals surface area contributed by atoms with E-state index in [2.05, 4.69) is 35.8 Å². The molecule has 0 aliphatic carbocycles. The number of hydrogen-bond acceptors (Lipinski definition) is 3. The third-order valence-electron chi connectivity index (χ3n) is 3.10. The monoisotopic (exact) mass is 248 g/mol. The Hall–Kier alpha value is -0.820. The van der Waals surface area contributed by atoms with Crippen LogP contribution in [0.25, 0.3) is 0 Å². The Balaban J connectivity index is 1.92. The van der Waals surface area contributed by atoms with Crippen molar-refractivity contribution in [1.82, 2.24) is 4.90 Å². The van der Waals surface area contributed by atoms with Crippen molar-refractivity contribution in [2.75, 3.05) is 19.6 Å². The topological polar surface area (TPSA) is 29.3 Å². The van der Waals surface area contributed by atoms with Gasteiger partial charge >= 0.3 is 0 Å². The zero-order valence-electron chi connectivity index (χ0n) is 10.4. The zero-order valence-corrected chi connectivity index (χ0v) is 11.2. The number of likely N-dealkylation sites (tertiary alicyclic amines) is 1. The van der Waals surface area contributed by atoms with Gasteiger partial charge in [-0.15, -0.1) is 11.3 Å². The van der Waals surface area contributed by atoms with Crippen LogP contribution in [0.4, 0.5) is 0 Å². The van der Waals surface area contributed by atoms with Gasteiger partial charge in [-0.05, 0) is 37.4 Å². The van der Waals surface area contributed by atoms with E-state index < -0.39 is 0 Å². The second-order valence-electron chi connectivity index (χ2n) is 4.75. The molecule has 1 saturated heterocycles. The molecule has 3 heteroatoms. The van der Waals surface area contributed by atoms with Crippen LogP contribution in [0.2, 0.25) is 0 Å². The lowest BCUT2D eigenvalue weighted by atomic mass is 10.0. The molecule has 1 fully saturated rings. The summed E-state index contributed by atoms with van der Waals surface area (Å²) in [7, 11) is 0. The first kappa shape index (κ1) is 12.6. The molecule has 2 N–H and O–H groups in total. The molecule has 1 aliphatic heterocycles. The molecule has 1 aromatic heterocycles. The van der Waals surface area contributed by atoms with Crippen LogP contribution in [-0.2, 0) is 6.54 Å². The predicted octanol–water partition coefficient (Wildman–Crippen LogP) is 2.29. The van der Waals surface area contributed by atoms with Crippen LogP contribution in [0.1, 0.15) is 29.5 Å². The summed E-state index contributed by atoms with van der Waals surface area (Å²) in [6.07, 6.45) is 2.72. The summed E-state index contributed by atoms with van der Waals surface area (Å²) in [5.74, 6) is 6.85. The molecule has 0 aromatic carbocycles. The average molecular weight is 248 g/mol. The molecule has 17 heavy (non-hydrogen) atoms. The highest BCUT2D eigenvalue weighted by atomic mass is 32.1. The average Bonchev–Trinajstić information content (AvgIpc) is 2.74. The van der Waals surface area contributed by atoms with Crippen molar-refractivity contribution in [2.24, 2.45) is 11.7 Å². The molecule has 1 aromatic rings. The fourth-order valence-electron chi connectivity index (χ4n) is 2.32. The van der Waals surface area contributed by atoms with Gasteiger partial charge in [-0.1, -0.05) is 18.8 Å². The number of nitrogens with two attached hydrogens (primary N) is 1. The summed E-state index contributed by atoms with van der Waals surface area (Å²) in [6, 6.07) is 4.31. The largest absolute Gasteiger partial charge is 0.320 e. The zero-order chi connectivity index (χ0) is 12.1. The first-order chi connectivity index (χ1) is 8.28. The van der Waals surface area contributed by atoms with E-state index >= 15 is 0 Å². The molecule has 1 atom stereocenters. The molecule has 2 nitrogen and oxygen atoms in total. The van der Waals surface area contributed by atoms with Gasteiger partial charge in [0.1, 0.15) is 0 Å². The van der Waals surface area contributed by atoms with E-state index in [0.717, 1.165) is 17.3 Å². The van der Waals surface area contributed by atoms with E-state index in [1.54, 1.807) is 11.3 Å². The lowest BCUT2D eigenvalue weighted by Gasteiger charge is -2.30. The van der Waals surface area contributed by atoms with E-state index in [4.69, 9.17) is 5.73 Å². The highest BCUT2D eigenvalue weighted by Gasteiger charge is 2.16. The summed E-state index contributed by atoms with van der Waals surface area (Å²) >= 11 is 1.80. The van der Waals surface area contributed by atoms with Crippen molar-refractivity contribution in [2.45, 2.75) is 26.3 Å². The van der Waals surface area contributed by atoms with E-state index in [1.165, 1.54) is 30.8 Å². The van der Waals surface area contributed by atoms with E-state index in [9.17, 15) is 0 Å². The Morgan fingerprint density at radius 2 is 2.41 bits per heavy atom. The first-order valence-electron chi connectivity index (χ1n) is 6.28. The maximum absolute atomic E-state index is 5.37. The van der Waals surface area contributed by atoms with Gasteiger partial charge in [0, 0.05) is 18.0 Å². The molecule has 0 saturated carbocycles. The summed E-state index contributed by atoms with van der Waals surface area (Å²) in [5, 5.41) is 0. The highest BCUT2D eigenvalue weighted by Crippen LogP contribution is 2.21. The lowest BCUT2D eigenvalue weighted by Crippen LogP contribution is -2.33. The summed E-state index contributed by atoms with van der Waals surface area (Å²) < 4.78 is 0. The minimum Gasteiger partial charge on any atom is -0.320 e. The highest BCUT2D eigenvalue weighted by molar-refractivity contribution is 7.12. The van der Waals surface area contributed by atoms with Crippen LogP contribution in [0, 0.1) is 17.8 Å².